The molecule has 0 saturated heterocycles. The van der Waals surface area contributed by atoms with Gasteiger partial charge in [0, 0.05) is 5.56 Å². The zero-order valence-electron chi connectivity index (χ0n) is 15.0. The maximum absolute atomic E-state index is 13.3. The quantitative estimate of drug-likeness (QED) is 0.467. The number of aromatic nitrogens is 3. The molecule has 0 bridgehead atoms. The minimum atomic E-state index is -0.214. The number of methoxy groups -OCH3 is 1. The molecule has 0 aliphatic heterocycles. The van der Waals surface area contributed by atoms with Gasteiger partial charge in [0.05, 0.1) is 18.1 Å². The minimum Gasteiger partial charge on any atom is -0.497 e. The predicted molar refractivity (Wildman–Crippen MR) is 105 cm³/mol. The van der Waals surface area contributed by atoms with E-state index in [1.807, 2.05) is 48.5 Å². The van der Waals surface area contributed by atoms with E-state index >= 15 is 0 Å². The van der Waals surface area contributed by atoms with Gasteiger partial charge in [-0.1, -0.05) is 24.3 Å². The lowest BCUT2D eigenvalue weighted by molar-refractivity contribution is 0.0965. The van der Waals surface area contributed by atoms with Crippen LogP contribution in [-0.4, -0.2) is 27.6 Å². The van der Waals surface area contributed by atoms with Crippen LogP contribution in [0.1, 0.15) is 10.4 Å². The SMILES string of the molecule is COc1ccc(C(=O)n2c(-c3nc4ccccc4o3)nc3ccccc32)cc1. The Morgan fingerprint density at radius 3 is 2.36 bits per heavy atom. The Balaban J connectivity index is 1.72. The summed E-state index contributed by atoms with van der Waals surface area (Å²) in [6, 6.07) is 21.9. The van der Waals surface area contributed by atoms with Crippen molar-refractivity contribution in [2.24, 2.45) is 0 Å². The van der Waals surface area contributed by atoms with Gasteiger partial charge < -0.3 is 9.15 Å². The lowest BCUT2D eigenvalue weighted by atomic mass is 10.2. The smallest absolute Gasteiger partial charge is 0.264 e. The summed E-state index contributed by atoms with van der Waals surface area (Å²) in [6.45, 7) is 0. The van der Waals surface area contributed by atoms with Gasteiger partial charge in [0.2, 0.25) is 5.82 Å². The Hall–Kier alpha value is -3.93. The Morgan fingerprint density at radius 2 is 1.61 bits per heavy atom. The number of carbonyl (C=O) groups excluding carboxylic acids is 1. The number of nitrogens with zero attached hydrogens (tertiary/aromatic N) is 3. The molecule has 2 aromatic heterocycles. The molecule has 0 spiro atoms. The molecule has 2 heterocycles. The fourth-order valence-corrected chi connectivity index (χ4v) is 3.21. The Labute approximate surface area is 160 Å². The molecule has 136 valence electrons. The summed E-state index contributed by atoms with van der Waals surface area (Å²) in [7, 11) is 1.59. The van der Waals surface area contributed by atoms with Crippen molar-refractivity contribution in [1.82, 2.24) is 14.5 Å². The molecule has 0 N–H and O–H groups in total. The van der Waals surface area contributed by atoms with Crippen LogP contribution in [-0.2, 0) is 0 Å². The second kappa shape index (κ2) is 6.35. The number of rotatable bonds is 3. The highest BCUT2D eigenvalue weighted by molar-refractivity contribution is 6.03. The molecule has 0 fully saturated rings. The number of fused-ring (bicyclic) bond motifs is 2. The molecule has 6 heteroatoms. The normalized spacial score (nSPS) is 11.2. The van der Waals surface area contributed by atoms with E-state index in [4.69, 9.17) is 9.15 Å². The molecular weight excluding hydrogens is 354 g/mol. The third kappa shape index (κ3) is 2.54. The van der Waals surface area contributed by atoms with Crippen LogP contribution in [0.3, 0.4) is 0 Å². The number of hydrogen-bond acceptors (Lipinski definition) is 5. The van der Waals surface area contributed by atoms with Crippen molar-refractivity contribution < 1.29 is 13.9 Å². The molecule has 6 nitrogen and oxygen atoms in total. The first-order chi connectivity index (χ1) is 13.7. The van der Waals surface area contributed by atoms with E-state index in [1.54, 1.807) is 35.9 Å². The molecule has 28 heavy (non-hydrogen) atoms. The summed E-state index contributed by atoms with van der Waals surface area (Å²) in [5.74, 6) is 1.15. The highest BCUT2D eigenvalue weighted by Gasteiger charge is 2.23. The molecule has 0 aliphatic rings. The van der Waals surface area contributed by atoms with Gasteiger partial charge in [-0.2, -0.15) is 0 Å². The van der Waals surface area contributed by atoms with Crippen molar-refractivity contribution in [3.8, 4) is 17.5 Å². The average Bonchev–Trinajstić information content (AvgIpc) is 3.34. The van der Waals surface area contributed by atoms with Gasteiger partial charge in [0.15, 0.2) is 5.58 Å². The van der Waals surface area contributed by atoms with Gasteiger partial charge in [-0.05, 0) is 48.5 Å². The first kappa shape index (κ1) is 16.3. The van der Waals surface area contributed by atoms with E-state index in [-0.39, 0.29) is 5.91 Å². The van der Waals surface area contributed by atoms with Crippen LogP contribution < -0.4 is 4.74 Å². The number of ether oxygens (including phenoxy) is 1. The summed E-state index contributed by atoms with van der Waals surface area (Å²) in [6.07, 6.45) is 0. The molecule has 0 saturated carbocycles. The Morgan fingerprint density at radius 1 is 0.893 bits per heavy atom. The van der Waals surface area contributed by atoms with Crippen molar-refractivity contribution in [3.05, 3.63) is 78.4 Å². The Kier molecular flexibility index (Phi) is 3.69. The lowest BCUT2D eigenvalue weighted by Gasteiger charge is -2.07. The fourth-order valence-electron chi connectivity index (χ4n) is 3.21. The molecule has 5 aromatic rings. The number of carbonyl (C=O) groups is 1. The number of benzene rings is 3. The van der Waals surface area contributed by atoms with E-state index in [2.05, 4.69) is 9.97 Å². The fraction of sp³-hybridized carbons (Fsp3) is 0.0455. The number of imidazole rings is 1. The van der Waals surface area contributed by atoms with Crippen LogP contribution in [0.2, 0.25) is 0 Å². The molecular formula is C22H15N3O3. The number of hydrogen-bond donors (Lipinski definition) is 0. The van der Waals surface area contributed by atoms with Gasteiger partial charge in [0.25, 0.3) is 11.8 Å². The van der Waals surface area contributed by atoms with Gasteiger partial charge >= 0.3 is 0 Å². The summed E-state index contributed by atoms with van der Waals surface area (Å²) in [5, 5.41) is 0. The van der Waals surface area contributed by atoms with Gasteiger partial charge in [0.1, 0.15) is 11.3 Å². The molecule has 0 unspecified atom stereocenters. The summed E-state index contributed by atoms with van der Waals surface area (Å²) in [4.78, 5) is 22.5. The van der Waals surface area contributed by atoms with Crippen LogP contribution >= 0.6 is 0 Å². The largest absolute Gasteiger partial charge is 0.497 e. The number of para-hydroxylation sites is 4. The second-order valence-corrected chi connectivity index (χ2v) is 6.28. The monoisotopic (exact) mass is 369 g/mol. The first-order valence-corrected chi connectivity index (χ1v) is 8.77. The van der Waals surface area contributed by atoms with E-state index in [1.165, 1.54) is 0 Å². The average molecular weight is 369 g/mol. The summed E-state index contributed by atoms with van der Waals surface area (Å²) < 4.78 is 12.6. The van der Waals surface area contributed by atoms with Crippen molar-refractivity contribution in [1.29, 1.82) is 0 Å². The van der Waals surface area contributed by atoms with Gasteiger partial charge in [-0.15, -0.1) is 0 Å². The minimum absolute atomic E-state index is 0.214. The van der Waals surface area contributed by atoms with Crippen LogP contribution in [0.25, 0.3) is 33.8 Å². The summed E-state index contributed by atoms with van der Waals surface area (Å²) >= 11 is 0. The van der Waals surface area contributed by atoms with Crippen molar-refractivity contribution in [2.45, 2.75) is 0 Å². The van der Waals surface area contributed by atoms with Crippen LogP contribution in [0.15, 0.2) is 77.2 Å². The highest BCUT2D eigenvalue weighted by Crippen LogP contribution is 2.28. The summed E-state index contributed by atoms with van der Waals surface area (Å²) in [5.41, 5.74) is 3.27. The van der Waals surface area contributed by atoms with E-state index < -0.39 is 0 Å². The second-order valence-electron chi connectivity index (χ2n) is 6.28. The van der Waals surface area contributed by atoms with Crippen LogP contribution in [0.4, 0.5) is 0 Å². The lowest BCUT2D eigenvalue weighted by Crippen LogP contribution is -2.13. The maximum Gasteiger partial charge on any atom is 0.264 e. The molecule has 0 amide bonds. The van der Waals surface area contributed by atoms with Gasteiger partial charge in [-0.3, -0.25) is 9.36 Å². The van der Waals surface area contributed by atoms with E-state index in [0.29, 0.717) is 45.2 Å². The zero-order chi connectivity index (χ0) is 19.1. The predicted octanol–water partition coefficient (Wildman–Crippen LogP) is 4.54. The van der Waals surface area contributed by atoms with Crippen molar-refractivity contribution in [2.75, 3.05) is 7.11 Å². The topological polar surface area (TPSA) is 70.2 Å². The Bertz CT molecular complexity index is 1280. The molecule has 5 rings (SSSR count). The van der Waals surface area contributed by atoms with Crippen molar-refractivity contribution in [3.63, 3.8) is 0 Å². The van der Waals surface area contributed by atoms with Crippen molar-refractivity contribution >= 4 is 28.0 Å². The molecule has 3 aromatic carbocycles. The maximum atomic E-state index is 13.3. The van der Waals surface area contributed by atoms with Gasteiger partial charge in [-0.25, -0.2) is 9.97 Å². The van der Waals surface area contributed by atoms with Crippen LogP contribution in [0.5, 0.6) is 5.75 Å². The zero-order valence-corrected chi connectivity index (χ0v) is 15.0. The molecule has 0 aliphatic carbocycles. The highest BCUT2D eigenvalue weighted by atomic mass is 16.5. The third-order valence-corrected chi connectivity index (χ3v) is 4.59. The van der Waals surface area contributed by atoms with E-state index in [9.17, 15) is 4.79 Å². The third-order valence-electron chi connectivity index (χ3n) is 4.59. The first-order valence-electron chi connectivity index (χ1n) is 8.77. The number of oxazole rings is 1. The molecule has 0 radical (unpaired) electrons. The molecule has 0 atom stereocenters. The standard InChI is InChI=1S/C22H15N3O3/c1-27-15-12-10-14(11-13-15)22(26)25-18-8-4-2-6-16(18)23-20(25)21-24-17-7-3-5-9-19(17)28-21/h2-13H,1H3. The van der Waals surface area contributed by atoms with E-state index in [0.717, 1.165) is 0 Å². The van der Waals surface area contributed by atoms with Crippen LogP contribution in [0, 0.1) is 0 Å².